The van der Waals surface area contributed by atoms with Crippen molar-refractivity contribution in [1.82, 2.24) is 20.6 Å². The topological polar surface area (TPSA) is 83.1 Å². The van der Waals surface area contributed by atoms with Crippen LogP contribution in [-0.2, 0) is 4.12 Å². The van der Waals surface area contributed by atoms with Gasteiger partial charge in [-0.1, -0.05) is 12.1 Å². The Kier molecular flexibility index (Phi) is 11.3. The van der Waals surface area contributed by atoms with Crippen LogP contribution >= 0.6 is 24.4 Å². The number of thiocarbonyl (C=S) groups is 2. The first-order valence-electron chi connectivity index (χ1n) is 11.3. The zero-order valence-electron chi connectivity index (χ0n) is 20.0. The van der Waals surface area contributed by atoms with Gasteiger partial charge in [-0.25, -0.2) is 9.97 Å². The Hall–Kier alpha value is -1.93. The average molecular weight is 521 g/mol. The lowest BCUT2D eigenvalue weighted by molar-refractivity contribution is 0.529. The van der Waals surface area contributed by atoms with Crippen molar-refractivity contribution in [1.29, 1.82) is 0 Å². The molecule has 0 aliphatic heterocycles. The molecule has 0 aliphatic carbocycles. The number of nitrogens with one attached hydrogen (secondary N) is 4. The van der Waals surface area contributed by atoms with Gasteiger partial charge in [-0.15, -0.1) is 0 Å². The van der Waals surface area contributed by atoms with Crippen LogP contribution in [0.25, 0.3) is 0 Å². The summed E-state index contributed by atoms with van der Waals surface area (Å²) in [5, 5.41) is 13.9. The minimum absolute atomic E-state index is 0.603. The summed E-state index contributed by atoms with van der Waals surface area (Å²) in [6.45, 7) is 10.9. The maximum atomic E-state index is 6.74. The molecule has 0 saturated heterocycles. The lowest BCUT2D eigenvalue weighted by Crippen LogP contribution is -2.45. The van der Waals surface area contributed by atoms with Crippen LogP contribution in [0.4, 0.5) is 11.6 Å². The maximum absolute atomic E-state index is 6.74. The molecule has 0 radical (unpaired) electrons. The Morgan fingerprint density at radius 3 is 1.55 bits per heavy atom. The van der Waals surface area contributed by atoms with Crippen LogP contribution in [-0.4, -0.2) is 49.9 Å². The third kappa shape index (κ3) is 12.2. The third-order valence-electron chi connectivity index (χ3n) is 4.85. The van der Waals surface area contributed by atoms with Crippen LogP contribution in [0, 0.1) is 0 Å². The molecule has 2 aromatic rings. The van der Waals surface area contributed by atoms with E-state index in [9.17, 15) is 0 Å². The molecule has 0 amide bonds. The Balaban J connectivity index is 1.60. The van der Waals surface area contributed by atoms with Gasteiger partial charge in [0.2, 0.25) is 0 Å². The Morgan fingerprint density at radius 1 is 0.758 bits per heavy atom. The van der Waals surface area contributed by atoms with Crippen LogP contribution in [0.2, 0.25) is 38.3 Å². The summed E-state index contributed by atoms with van der Waals surface area (Å²) in [5.41, 5.74) is 0. The number of aromatic nitrogens is 2. The van der Waals surface area contributed by atoms with Gasteiger partial charge < -0.3 is 25.4 Å². The van der Waals surface area contributed by atoms with Gasteiger partial charge in [-0.2, -0.15) is 0 Å². The van der Waals surface area contributed by atoms with Gasteiger partial charge in [0.25, 0.3) is 0 Å². The minimum atomic E-state index is -1.74. The molecule has 0 aromatic carbocycles. The molecule has 0 aliphatic rings. The van der Waals surface area contributed by atoms with E-state index in [2.05, 4.69) is 57.4 Å². The fourth-order valence-corrected chi connectivity index (χ4v) is 12.7. The zero-order chi connectivity index (χ0) is 24.2. The first kappa shape index (κ1) is 27.3. The van der Waals surface area contributed by atoms with Gasteiger partial charge in [0.15, 0.2) is 26.9 Å². The van der Waals surface area contributed by atoms with Crippen LogP contribution in [0.1, 0.15) is 12.8 Å². The highest BCUT2D eigenvalue weighted by atomic mass is 32.1. The molecule has 4 N–H and O–H groups in total. The van der Waals surface area contributed by atoms with Crippen LogP contribution in [0.15, 0.2) is 48.8 Å². The molecule has 180 valence electrons. The molecule has 0 fully saturated rings. The van der Waals surface area contributed by atoms with Gasteiger partial charge in [0.1, 0.15) is 11.6 Å². The average Bonchev–Trinajstić information content (AvgIpc) is 2.75. The number of anilines is 2. The molecule has 7 nitrogen and oxygen atoms in total. The standard InChI is InChI=1S/C22H36N6OS2Si2/c1-32(2,17-9-15-25-21(30)27-19-11-5-7-13-23-19)29-33(3,4)18-10-16-26-22(31)28-20-12-6-8-14-24-20/h5-8,11-14H,9-10,15-18H2,1-4H3,(H2,23,25,27,30)(H2,24,26,28,31). The highest BCUT2D eigenvalue weighted by Crippen LogP contribution is 2.23. The van der Waals surface area contributed by atoms with Gasteiger partial charge >= 0.3 is 0 Å². The van der Waals surface area contributed by atoms with Gasteiger partial charge in [-0.05, 0) is 99.8 Å². The van der Waals surface area contributed by atoms with Crippen LogP contribution in [0.3, 0.4) is 0 Å². The van der Waals surface area contributed by atoms with Gasteiger partial charge in [-0.3, -0.25) is 0 Å². The summed E-state index contributed by atoms with van der Waals surface area (Å²) in [5.74, 6) is 1.51. The van der Waals surface area contributed by atoms with E-state index in [0.29, 0.717) is 10.2 Å². The summed E-state index contributed by atoms with van der Waals surface area (Å²) >= 11 is 10.7. The minimum Gasteiger partial charge on any atom is -0.455 e. The molecule has 0 atom stereocenters. The quantitative estimate of drug-likeness (QED) is 0.176. The fourth-order valence-electron chi connectivity index (χ4n) is 3.48. The molecule has 0 bridgehead atoms. The van der Waals surface area contributed by atoms with E-state index in [4.69, 9.17) is 28.6 Å². The number of nitrogens with zero attached hydrogens (tertiary/aromatic N) is 2. The van der Waals surface area contributed by atoms with E-state index in [1.165, 1.54) is 0 Å². The predicted octanol–water partition coefficient (Wildman–Crippen LogP) is 4.96. The fraction of sp³-hybridized carbons (Fsp3) is 0.455. The number of hydrogen-bond donors (Lipinski definition) is 4. The molecule has 2 aromatic heterocycles. The lowest BCUT2D eigenvalue weighted by Gasteiger charge is -2.34. The second kappa shape index (κ2) is 13.7. The molecule has 0 spiro atoms. The molecular formula is C22H36N6OS2Si2. The first-order chi connectivity index (χ1) is 15.7. The number of hydrogen-bond acceptors (Lipinski definition) is 5. The van der Waals surface area contributed by atoms with Crippen molar-refractivity contribution in [3.05, 3.63) is 48.8 Å². The number of pyridine rings is 2. The second-order valence-electron chi connectivity index (χ2n) is 9.02. The Bertz CT molecular complexity index is 800. The summed E-state index contributed by atoms with van der Waals surface area (Å²) < 4.78 is 6.74. The van der Waals surface area contributed by atoms with Crippen molar-refractivity contribution < 1.29 is 4.12 Å². The molecular weight excluding hydrogens is 485 g/mol. The molecule has 11 heteroatoms. The highest BCUT2D eigenvalue weighted by molar-refractivity contribution is 7.80. The maximum Gasteiger partial charge on any atom is 0.173 e. The zero-order valence-corrected chi connectivity index (χ0v) is 23.6. The molecule has 0 unspecified atom stereocenters. The molecule has 33 heavy (non-hydrogen) atoms. The Labute approximate surface area is 210 Å². The van der Waals surface area contributed by atoms with Crippen molar-refractivity contribution in [2.24, 2.45) is 0 Å². The molecule has 0 saturated carbocycles. The molecule has 2 heterocycles. The van der Waals surface area contributed by atoms with E-state index in [0.717, 1.165) is 49.7 Å². The van der Waals surface area contributed by atoms with Crippen molar-refractivity contribution >= 4 is 62.9 Å². The van der Waals surface area contributed by atoms with Gasteiger partial charge in [0, 0.05) is 25.5 Å². The summed E-state index contributed by atoms with van der Waals surface area (Å²) in [6.07, 6.45) is 5.54. The van der Waals surface area contributed by atoms with E-state index in [1.807, 2.05) is 36.4 Å². The third-order valence-corrected chi connectivity index (χ3v) is 12.9. The van der Waals surface area contributed by atoms with E-state index < -0.39 is 16.6 Å². The van der Waals surface area contributed by atoms with Crippen molar-refractivity contribution in [2.45, 2.75) is 51.1 Å². The predicted molar refractivity (Wildman–Crippen MR) is 152 cm³/mol. The highest BCUT2D eigenvalue weighted by Gasteiger charge is 2.32. The van der Waals surface area contributed by atoms with Crippen LogP contribution < -0.4 is 21.3 Å². The summed E-state index contributed by atoms with van der Waals surface area (Å²) in [6, 6.07) is 13.6. The van der Waals surface area contributed by atoms with E-state index >= 15 is 0 Å². The van der Waals surface area contributed by atoms with Crippen molar-refractivity contribution in [3.8, 4) is 0 Å². The first-order valence-corrected chi connectivity index (χ1v) is 18.3. The SMILES string of the molecule is C[Si](C)(CCCNC(=S)Nc1ccccn1)O[Si](C)(C)CCCNC(=S)Nc1ccccn1. The van der Waals surface area contributed by atoms with Crippen LogP contribution in [0.5, 0.6) is 0 Å². The molecule has 2 rings (SSSR count). The van der Waals surface area contributed by atoms with Crippen molar-refractivity contribution in [2.75, 3.05) is 23.7 Å². The van der Waals surface area contributed by atoms with E-state index in [-0.39, 0.29) is 0 Å². The van der Waals surface area contributed by atoms with Gasteiger partial charge in [0.05, 0.1) is 0 Å². The lowest BCUT2D eigenvalue weighted by atomic mass is 10.4. The second-order valence-corrected chi connectivity index (χ2v) is 18.7. The van der Waals surface area contributed by atoms with E-state index in [1.54, 1.807) is 12.4 Å². The monoisotopic (exact) mass is 520 g/mol. The smallest absolute Gasteiger partial charge is 0.173 e. The normalized spacial score (nSPS) is 11.5. The summed E-state index contributed by atoms with van der Waals surface area (Å²) in [7, 11) is -3.48. The Morgan fingerprint density at radius 2 is 1.18 bits per heavy atom. The largest absolute Gasteiger partial charge is 0.455 e. The van der Waals surface area contributed by atoms with Crippen molar-refractivity contribution in [3.63, 3.8) is 0 Å². The number of rotatable bonds is 12. The summed E-state index contributed by atoms with van der Waals surface area (Å²) in [4.78, 5) is 8.44.